The summed E-state index contributed by atoms with van der Waals surface area (Å²) in [6.07, 6.45) is 0. The average Bonchev–Trinajstić information content (AvgIpc) is 1.88. The van der Waals surface area contributed by atoms with E-state index in [1.165, 1.54) is 0 Å². The molecule has 0 N–H and O–H groups in total. The van der Waals surface area contributed by atoms with Gasteiger partial charge in [0.05, 0.1) is 0 Å². The van der Waals surface area contributed by atoms with Gasteiger partial charge in [-0.25, -0.2) is 0 Å². The summed E-state index contributed by atoms with van der Waals surface area (Å²) in [6, 6.07) is 0. The quantitative estimate of drug-likeness (QED) is 0.469. The van der Waals surface area contributed by atoms with Crippen LogP contribution in [0.5, 0.6) is 0 Å². The fourth-order valence-electron chi connectivity index (χ4n) is 0.642. The topological polar surface area (TPSA) is 27.7 Å². The van der Waals surface area contributed by atoms with E-state index in [2.05, 4.69) is 18.1 Å². The SMILES string of the molecule is CC[O][Hf]([I])([O]CC)[O]CC. The number of hydrogen-bond donors (Lipinski definition) is 0. The summed E-state index contributed by atoms with van der Waals surface area (Å²) >= 11 is -0.889. The molecule has 0 spiro atoms. The zero-order valence-corrected chi connectivity index (χ0v) is 13.0. The molecule has 0 fully saturated rings. The molecule has 5 heteroatoms. The van der Waals surface area contributed by atoms with E-state index in [4.69, 9.17) is 8.56 Å². The Morgan fingerprint density at radius 1 is 0.909 bits per heavy atom. The van der Waals surface area contributed by atoms with Crippen LogP contribution in [-0.4, -0.2) is 19.8 Å². The van der Waals surface area contributed by atoms with Gasteiger partial charge in [-0.3, -0.25) is 0 Å². The summed E-state index contributed by atoms with van der Waals surface area (Å²) in [4.78, 5) is 0. The first-order chi connectivity index (χ1) is 5.18. The monoisotopic (exact) mass is 442 g/mol. The van der Waals surface area contributed by atoms with Crippen LogP contribution >= 0.6 is 18.1 Å². The maximum absolute atomic E-state index is 5.47. The third-order valence-corrected chi connectivity index (χ3v) is 15.4. The van der Waals surface area contributed by atoms with E-state index >= 15 is 0 Å². The zero-order valence-electron chi connectivity index (χ0n) is 7.22. The van der Waals surface area contributed by atoms with E-state index in [-0.39, 0.29) is 0 Å². The van der Waals surface area contributed by atoms with Crippen molar-refractivity contribution in [1.29, 1.82) is 0 Å². The molecule has 0 saturated heterocycles. The van der Waals surface area contributed by atoms with Gasteiger partial charge < -0.3 is 0 Å². The molecular weight excluding hydrogens is 425 g/mol. The fraction of sp³-hybridized carbons (Fsp3) is 1.00. The molecule has 0 rings (SSSR count). The molecule has 0 bridgehead atoms. The Bertz CT molecular complexity index is 84.8. The molecule has 0 heterocycles. The van der Waals surface area contributed by atoms with Crippen molar-refractivity contribution in [2.45, 2.75) is 20.8 Å². The van der Waals surface area contributed by atoms with Crippen molar-refractivity contribution in [1.82, 2.24) is 0 Å². The van der Waals surface area contributed by atoms with Crippen LogP contribution in [0.4, 0.5) is 0 Å². The summed E-state index contributed by atoms with van der Waals surface area (Å²) in [6.45, 7) is 7.95. The summed E-state index contributed by atoms with van der Waals surface area (Å²) < 4.78 is 16.4. The first-order valence-corrected chi connectivity index (χ1v) is 18.4. The van der Waals surface area contributed by atoms with Gasteiger partial charge in [0, 0.05) is 0 Å². The molecule has 0 aliphatic heterocycles. The molecule has 0 aromatic carbocycles. The van der Waals surface area contributed by atoms with Crippen molar-refractivity contribution >= 4 is 18.1 Å². The van der Waals surface area contributed by atoms with Crippen LogP contribution in [0.3, 0.4) is 0 Å². The molecule has 0 radical (unpaired) electrons. The van der Waals surface area contributed by atoms with Crippen LogP contribution in [0, 0.1) is 0 Å². The Morgan fingerprint density at radius 3 is 1.36 bits per heavy atom. The summed E-state index contributed by atoms with van der Waals surface area (Å²) in [5.41, 5.74) is 0. The molecule has 68 valence electrons. The Morgan fingerprint density at radius 2 is 1.18 bits per heavy atom. The van der Waals surface area contributed by atoms with Gasteiger partial charge in [0.2, 0.25) is 0 Å². The number of rotatable bonds is 6. The fourth-order valence-corrected chi connectivity index (χ4v) is 12.9. The Hall–Kier alpha value is 1.48. The Balaban J connectivity index is 3.79. The molecule has 3 nitrogen and oxygen atoms in total. The first-order valence-electron chi connectivity index (χ1n) is 3.79. The van der Waals surface area contributed by atoms with Gasteiger partial charge in [0.1, 0.15) is 0 Å². The van der Waals surface area contributed by atoms with Crippen LogP contribution in [-0.2, 0) is 25.7 Å². The second-order valence-electron chi connectivity index (χ2n) is 1.78. The summed E-state index contributed by atoms with van der Waals surface area (Å²) in [5.74, 6) is 0. The maximum atomic E-state index is 5.47. The van der Waals surface area contributed by atoms with E-state index in [1.807, 2.05) is 20.8 Å². The molecule has 0 aromatic rings. The third kappa shape index (κ3) is 5.68. The van der Waals surface area contributed by atoms with E-state index in [0.717, 1.165) is 0 Å². The van der Waals surface area contributed by atoms with E-state index in [1.54, 1.807) is 0 Å². The second-order valence-corrected chi connectivity index (χ2v) is 19.2. The standard InChI is InChI=1S/3C2H5O.Hf.HI/c3*1-2-3;;/h3*2H2,1H3;;1H/q3*-1;+4;/p-1. The molecule has 0 aliphatic rings. The normalized spacial score (nSPS) is 12.0. The van der Waals surface area contributed by atoms with Crippen molar-refractivity contribution in [2.75, 3.05) is 19.8 Å². The van der Waals surface area contributed by atoms with Crippen molar-refractivity contribution in [3.05, 3.63) is 0 Å². The van der Waals surface area contributed by atoms with Gasteiger partial charge in [0.25, 0.3) is 0 Å². The molecule has 0 aliphatic carbocycles. The van der Waals surface area contributed by atoms with Gasteiger partial charge in [-0.2, -0.15) is 0 Å². The first kappa shape index (κ1) is 12.5. The van der Waals surface area contributed by atoms with E-state index in [0.29, 0.717) is 19.8 Å². The van der Waals surface area contributed by atoms with E-state index < -0.39 is 17.1 Å². The minimum absolute atomic E-state index is 0.685. The van der Waals surface area contributed by atoms with Crippen LogP contribution in [0.25, 0.3) is 0 Å². The zero-order chi connectivity index (χ0) is 8.74. The Kier molecular flexibility index (Phi) is 7.87. The van der Waals surface area contributed by atoms with Crippen molar-refractivity contribution in [2.24, 2.45) is 0 Å². The van der Waals surface area contributed by atoms with E-state index in [9.17, 15) is 0 Å². The predicted octanol–water partition coefficient (Wildman–Crippen LogP) is 2.34. The number of hydrogen-bond acceptors (Lipinski definition) is 3. The summed E-state index contributed by atoms with van der Waals surface area (Å²) in [7, 11) is 0. The van der Waals surface area contributed by atoms with Gasteiger partial charge in [0.15, 0.2) is 0 Å². The molecule has 0 atom stereocenters. The second kappa shape index (κ2) is 6.94. The molecule has 11 heavy (non-hydrogen) atoms. The molecular formula is C6H15HfIO3. The Labute approximate surface area is 83.7 Å². The van der Waals surface area contributed by atoms with Gasteiger partial charge >= 0.3 is 84.4 Å². The van der Waals surface area contributed by atoms with Crippen molar-refractivity contribution in [3.63, 3.8) is 0 Å². The molecule has 0 unspecified atom stereocenters. The molecule has 0 saturated carbocycles. The molecule has 0 amide bonds. The van der Waals surface area contributed by atoms with Gasteiger partial charge in [-0.1, -0.05) is 0 Å². The van der Waals surface area contributed by atoms with Gasteiger partial charge in [-0.15, -0.1) is 0 Å². The van der Waals surface area contributed by atoms with Crippen molar-refractivity contribution < 1.29 is 25.7 Å². The number of halogens is 1. The van der Waals surface area contributed by atoms with Crippen LogP contribution < -0.4 is 0 Å². The van der Waals surface area contributed by atoms with Crippen LogP contribution in [0.15, 0.2) is 0 Å². The average molecular weight is 441 g/mol. The van der Waals surface area contributed by atoms with Crippen LogP contribution in [0.2, 0.25) is 0 Å². The minimum atomic E-state index is -3.12. The summed E-state index contributed by atoms with van der Waals surface area (Å²) in [5, 5.41) is 0. The third-order valence-electron chi connectivity index (χ3n) is 0.950. The molecule has 0 aromatic heterocycles. The predicted molar refractivity (Wildman–Crippen MR) is 48.9 cm³/mol. The van der Waals surface area contributed by atoms with Crippen molar-refractivity contribution in [3.8, 4) is 0 Å². The van der Waals surface area contributed by atoms with Gasteiger partial charge in [-0.05, 0) is 0 Å². The van der Waals surface area contributed by atoms with Crippen LogP contribution in [0.1, 0.15) is 20.8 Å².